The third kappa shape index (κ3) is 6.05. The zero-order valence-electron chi connectivity index (χ0n) is 19.8. The number of ether oxygens (including phenoxy) is 1. The second-order valence-corrected chi connectivity index (χ2v) is 11.1. The number of piperazine rings is 1. The Bertz CT molecular complexity index is 1140. The number of thiophene rings is 1. The number of aromatic nitrogens is 2. The van der Waals surface area contributed by atoms with Crippen LogP contribution in [0.25, 0.3) is 22.0 Å². The minimum absolute atomic E-state index is 0.299. The highest BCUT2D eigenvalue weighted by atomic mass is 32.2. The molecule has 1 fully saturated rings. The van der Waals surface area contributed by atoms with Gasteiger partial charge in [-0.1, -0.05) is 19.4 Å². The van der Waals surface area contributed by atoms with E-state index in [1.165, 1.54) is 0 Å². The smallest absolute Gasteiger partial charge is 0.279 e. The zero-order valence-corrected chi connectivity index (χ0v) is 21.4. The Morgan fingerprint density at radius 2 is 1.91 bits per heavy atom. The summed E-state index contributed by atoms with van der Waals surface area (Å²) in [5.41, 5.74) is 2.69. The lowest BCUT2D eigenvalue weighted by Gasteiger charge is -2.33. The summed E-state index contributed by atoms with van der Waals surface area (Å²) in [5.74, 6) is 1.57. The van der Waals surface area contributed by atoms with Gasteiger partial charge in [0.15, 0.2) is 0 Å². The van der Waals surface area contributed by atoms with Crippen molar-refractivity contribution in [3.8, 4) is 27.7 Å². The highest BCUT2D eigenvalue weighted by molar-refractivity contribution is 7.87. The topological polar surface area (TPSA) is 90.6 Å². The van der Waals surface area contributed by atoms with Crippen molar-refractivity contribution in [2.75, 3.05) is 46.4 Å². The van der Waals surface area contributed by atoms with E-state index in [4.69, 9.17) is 9.72 Å². The summed E-state index contributed by atoms with van der Waals surface area (Å²) in [6.45, 7) is 6.14. The summed E-state index contributed by atoms with van der Waals surface area (Å²) in [6, 6.07) is 11.8. The van der Waals surface area contributed by atoms with Crippen LogP contribution in [0.15, 0.2) is 41.8 Å². The molecule has 0 amide bonds. The highest BCUT2D eigenvalue weighted by Crippen LogP contribution is 2.29. The molecule has 1 saturated heterocycles. The molecular weight excluding hydrogens is 470 g/mol. The normalized spacial score (nSPS) is 15.6. The van der Waals surface area contributed by atoms with Crippen molar-refractivity contribution in [3.63, 3.8) is 0 Å². The van der Waals surface area contributed by atoms with Crippen LogP contribution >= 0.6 is 11.3 Å². The van der Waals surface area contributed by atoms with Crippen molar-refractivity contribution in [1.82, 2.24) is 23.9 Å². The van der Waals surface area contributed by atoms with Crippen molar-refractivity contribution >= 4 is 21.5 Å². The lowest BCUT2D eigenvalue weighted by molar-refractivity contribution is 0.185. The SMILES string of the molecule is CCCCN1CCN(S(=O)(=O)NCCc2[nH]c(-c3cccs3)nc2-c2ccc(OC)cc2)CC1. The Morgan fingerprint density at radius 3 is 2.56 bits per heavy atom. The van der Waals surface area contributed by atoms with Gasteiger partial charge in [-0.25, -0.2) is 9.71 Å². The first-order valence-corrected chi connectivity index (χ1v) is 14.1. The van der Waals surface area contributed by atoms with E-state index in [1.807, 2.05) is 41.8 Å². The van der Waals surface area contributed by atoms with Crippen LogP contribution in [0.3, 0.4) is 0 Å². The van der Waals surface area contributed by atoms with Crippen LogP contribution in [0.4, 0.5) is 0 Å². The minimum atomic E-state index is -3.51. The second-order valence-electron chi connectivity index (χ2n) is 8.36. The van der Waals surface area contributed by atoms with Crippen LogP contribution in [-0.4, -0.2) is 74.0 Å². The van der Waals surface area contributed by atoms with Gasteiger partial charge in [0, 0.05) is 50.4 Å². The molecule has 34 heavy (non-hydrogen) atoms. The Kier molecular flexibility index (Phi) is 8.38. The molecule has 1 aliphatic heterocycles. The van der Waals surface area contributed by atoms with Gasteiger partial charge in [0.05, 0.1) is 17.7 Å². The van der Waals surface area contributed by atoms with Crippen LogP contribution in [0.1, 0.15) is 25.5 Å². The van der Waals surface area contributed by atoms with E-state index < -0.39 is 10.2 Å². The molecule has 0 aliphatic carbocycles. The van der Waals surface area contributed by atoms with E-state index in [2.05, 4.69) is 21.5 Å². The summed E-state index contributed by atoms with van der Waals surface area (Å²) in [5, 5.41) is 2.01. The molecule has 2 aromatic heterocycles. The number of unbranched alkanes of at least 4 members (excludes halogenated alkanes) is 1. The highest BCUT2D eigenvalue weighted by Gasteiger charge is 2.26. The van der Waals surface area contributed by atoms with Crippen molar-refractivity contribution < 1.29 is 13.2 Å². The van der Waals surface area contributed by atoms with E-state index in [0.717, 1.165) is 65.9 Å². The summed E-state index contributed by atoms with van der Waals surface area (Å²) in [6.07, 6.45) is 2.81. The molecule has 1 aromatic carbocycles. The molecule has 4 rings (SSSR count). The van der Waals surface area contributed by atoms with Gasteiger partial charge in [0.2, 0.25) is 0 Å². The van der Waals surface area contributed by atoms with Crippen LogP contribution in [0, 0.1) is 0 Å². The summed E-state index contributed by atoms with van der Waals surface area (Å²) < 4.78 is 35.4. The second kappa shape index (κ2) is 11.5. The molecule has 0 bridgehead atoms. The summed E-state index contributed by atoms with van der Waals surface area (Å²) >= 11 is 1.62. The first-order chi connectivity index (χ1) is 16.5. The van der Waals surface area contributed by atoms with Crippen LogP contribution < -0.4 is 9.46 Å². The number of methoxy groups -OCH3 is 1. The number of aromatic amines is 1. The molecule has 0 saturated carbocycles. The van der Waals surface area contributed by atoms with E-state index in [-0.39, 0.29) is 0 Å². The van der Waals surface area contributed by atoms with E-state index in [9.17, 15) is 8.42 Å². The Balaban J connectivity index is 1.42. The average molecular weight is 504 g/mol. The predicted octanol–water partition coefficient (Wildman–Crippen LogP) is 3.61. The van der Waals surface area contributed by atoms with Crippen LogP contribution in [0.2, 0.25) is 0 Å². The van der Waals surface area contributed by atoms with Crippen LogP contribution in [0.5, 0.6) is 5.75 Å². The van der Waals surface area contributed by atoms with Gasteiger partial charge in [0.1, 0.15) is 11.6 Å². The monoisotopic (exact) mass is 503 g/mol. The average Bonchev–Trinajstić information content (AvgIpc) is 3.53. The van der Waals surface area contributed by atoms with Crippen molar-refractivity contribution in [1.29, 1.82) is 0 Å². The third-order valence-corrected chi connectivity index (χ3v) is 8.55. The molecule has 0 atom stereocenters. The number of H-pyrrole nitrogens is 1. The maximum Gasteiger partial charge on any atom is 0.279 e. The fourth-order valence-corrected chi connectivity index (χ4v) is 5.94. The molecule has 0 radical (unpaired) electrons. The Morgan fingerprint density at radius 1 is 1.15 bits per heavy atom. The van der Waals surface area contributed by atoms with Crippen molar-refractivity contribution in [2.24, 2.45) is 0 Å². The maximum atomic E-state index is 12.9. The van der Waals surface area contributed by atoms with E-state index in [1.54, 1.807) is 22.8 Å². The van der Waals surface area contributed by atoms with Gasteiger partial charge in [-0.05, 0) is 48.7 Å². The number of rotatable bonds is 11. The molecule has 2 N–H and O–H groups in total. The molecule has 1 aliphatic rings. The fourth-order valence-electron chi connectivity index (χ4n) is 4.08. The number of imidazole rings is 1. The number of hydrogen-bond acceptors (Lipinski definition) is 6. The first-order valence-electron chi connectivity index (χ1n) is 11.7. The van der Waals surface area contributed by atoms with Crippen molar-refractivity contribution in [3.05, 3.63) is 47.5 Å². The molecular formula is C24H33N5O3S2. The van der Waals surface area contributed by atoms with Gasteiger partial charge in [0.25, 0.3) is 10.2 Å². The molecule has 10 heteroatoms. The van der Waals surface area contributed by atoms with Gasteiger partial charge in [-0.15, -0.1) is 11.3 Å². The van der Waals surface area contributed by atoms with Gasteiger partial charge in [-0.2, -0.15) is 12.7 Å². The molecule has 8 nitrogen and oxygen atoms in total. The quantitative estimate of drug-likeness (QED) is 0.417. The molecule has 0 unspecified atom stereocenters. The zero-order chi connectivity index (χ0) is 24.0. The molecule has 3 heterocycles. The van der Waals surface area contributed by atoms with Crippen molar-refractivity contribution in [2.45, 2.75) is 26.2 Å². The fraction of sp³-hybridized carbons (Fsp3) is 0.458. The number of hydrogen-bond donors (Lipinski definition) is 2. The van der Waals surface area contributed by atoms with Gasteiger partial charge < -0.3 is 14.6 Å². The van der Waals surface area contributed by atoms with E-state index >= 15 is 0 Å². The van der Waals surface area contributed by atoms with E-state index in [0.29, 0.717) is 26.1 Å². The van der Waals surface area contributed by atoms with Gasteiger partial charge in [-0.3, -0.25) is 0 Å². The third-order valence-electron chi connectivity index (χ3n) is 6.06. The first kappa shape index (κ1) is 24.9. The lowest BCUT2D eigenvalue weighted by Crippen LogP contribution is -2.52. The molecule has 184 valence electrons. The van der Waals surface area contributed by atoms with Gasteiger partial charge >= 0.3 is 0 Å². The molecule has 3 aromatic rings. The Labute approximate surface area is 206 Å². The number of benzene rings is 1. The largest absolute Gasteiger partial charge is 0.497 e. The lowest BCUT2D eigenvalue weighted by atomic mass is 10.1. The van der Waals surface area contributed by atoms with Crippen LogP contribution in [-0.2, 0) is 16.6 Å². The standard InChI is InChI=1S/C24H33N5O3S2/c1-3-4-13-28-14-16-29(17-15-28)34(30,31)25-12-11-21-23(19-7-9-20(32-2)10-8-19)27-24(26-21)22-6-5-18-33-22/h5-10,18,25H,3-4,11-17H2,1-2H3,(H,26,27). The number of nitrogens with zero attached hydrogens (tertiary/aromatic N) is 3. The minimum Gasteiger partial charge on any atom is -0.497 e. The molecule has 0 spiro atoms. The summed E-state index contributed by atoms with van der Waals surface area (Å²) in [7, 11) is -1.87. The maximum absolute atomic E-state index is 12.9. The Hall–Kier alpha value is -2.24. The predicted molar refractivity (Wildman–Crippen MR) is 137 cm³/mol. The summed E-state index contributed by atoms with van der Waals surface area (Å²) in [4.78, 5) is 11.6. The number of nitrogens with one attached hydrogen (secondary N) is 2.